The fraction of sp³-hybridized carbons (Fsp3) is 0.269. The zero-order valence-electron chi connectivity index (χ0n) is 20.5. The molecule has 204 valence electrons. The van der Waals surface area contributed by atoms with Gasteiger partial charge in [-0.3, -0.25) is 9.69 Å². The number of ether oxygens (including phenoxy) is 1. The van der Waals surface area contributed by atoms with Gasteiger partial charge in [0.05, 0.1) is 19.0 Å². The average Bonchev–Trinajstić information content (AvgIpc) is 3.34. The second kappa shape index (κ2) is 10.2. The van der Waals surface area contributed by atoms with Crippen LogP contribution < -0.4 is 4.74 Å². The van der Waals surface area contributed by atoms with E-state index in [0.717, 1.165) is 18.3 Å². The molecule has 1 saturated heterocycles. The Labute approximate surface area is 218 Å². The Morgan fingerprint density at radius 1 is 1.00 bits per heavy atom. The normalized spacial score (nSPS) is 14.7. The first-order chi connectivity index (χ1) is 18.5. The Morgan fingerprint density at radius 3 is 2.33 bits per heavy atom. The van der Waals surface area contributed by atoms with Gasteiger partial charge in [-0.05, 0) is 36.4 Å². The van der Waals surface area contributed by atoms with Crippen molar-refractivity contribution < 1.29 is 35.9 Å². The average molecular weight is 549 g/mol. The van der Waals surface area contributed by atoms with E-state index in [2.05, 4.69) is 10.1 Å². The third-order valence-electron chi connectivity index (χ3n) is 6.50. The van der Waals surface area contributed by atoms with Crippen molar-refractivity contribution >= 4 is 11.6 Å². The lowest BCUT2D eigenvalue weighted by molar-refractivity contribution is -0.142. The molecule has 1 aliphatic heterocycles. The van der Waals surface area contributed by atoms with Crippen LogP contribution in [0.2, 0.25) is 0 Å². The molecular formula is C26H21F6N5O2. The number of amides is 1. The van der Waals surface area contributed by atoms with E-state index >= 15 is 0 Å². The first-order valence-electron chi connectivity index (χ1n) is 11.8. The highest BCUT2D eigenvalue weighted by molar-refractivity contribution is 6.00. The quantitative estimate of drug-likeness (QED) is 0.265. The smallest absolute Gasteiger partial charge is 0.433 e. The summed E-state index contributed by atoms with van der Waals surface area (Å²) < 4.78 is 88.5. The second-order valence-electron chi connectivity index (χ2n) is 8.98. The third kappa shape index (κ3) is 5.26. The molecule has 0 atom stereocenters. The maximum absolute atomic E-state index is 14.1. The highest BCUT2D eigenvalue weighted by Crippen LogP contribution is 2.33. The number of rotatable bonds is 5. The summed E-state index contributed by atoms with van der Waals surface area (Å²) in [5.41, 5.74) is -1.21. The summed E-state index contributed by atoms with van der Waals surface area (Å²) in [6.45, 7) is 0.739. The molecule has 39 heavy (non-hydrogen) atoms. The van der Waals surface area contributed by atoms with Crippen molar-refractivity contribution in [1.29, 1.82) is 0 Å². The first-order valence-corrected chi connectivity index (χ1v) is 11.8. The number of aromatic nitrogens is 3. The number of piperazine rings is 1. The molecule has 13 heteroatoms. The van der Waals surface area contributed by atoms with Crippen molar-refractivity contribution in [2.45, 2.75) is 12.7 Å². The third-order valence-corrected chi connectivity index (χ3v) is 6.50. The number of methoxy groups -OCH3 is 1. The van der Waals surface area contributed by atoms with Crippen molar-refractivity contribution in [3.8, 4) is 17.0 Å². The molecule has 2 aromatic heterocycles. The molecule has 5 rings (SSSR count). The minimum Gasteiger partial charge on any atom is -0.497 e. The molecule has 0 spiro atoms. The molecule has 1 aliphatic rings. The Balaban J connectivity index is 1.40. The van der Waals surface area contributed by atoms with Crippen molar-refractivity contribution in [3.05, 3.63) is 82.9 Å². The first kappa shape index (κ1) is 26.5. The Kier molecular flexibility index (Phi) is 6.93. The van der Waals surface area contributed by atoms with Crippen LogP contribution in [0.5, 0.6) is 5.75 Å². The van der Waals surface area contributed by atoms with E-state index in [1.54, 1.807) is 29.2 Å². The Bertz CT molecular complexity index is 1530. The fourth-order valence-corrected chi connectivity index (χ4v) is 4.47. The van der Waals surface area contributed by atoms with E-state index < -0.39 is 35.2 Å². The molecule has 0 unspecified atom stereocenters. The number of carbonyl (C=O) groups excluding carboxylic acids is 1. The number of fused-ring (bicyclic) bond motifs is 1. The van der Waals surface area contributed by atoms with Gasteiger partial charge in [-0.2, -0.15) is 18.3 Å². The van der Waals surface area contributed by atoms with Crippen molar-refractivity contribution in [2.75, 3.05) is 33.3 Å². The standard InChI is InChI=1S/C26H21F6N5O2/c1-39-18-4-2-15(3-5-18)21-12-22(26(30,31)32)37-24(34-21)19(13-33-37)25(38)36-8-6-35(7-9-36)14-16-10-17(27)11-20(28)23(16)29/h2-5,10-13H,6-9,14H2,1H3. The van der Waals surface area contributed by atoms with Crippen LogP contribution in [0.1, 0.15) is 21.6 Å². The van der Waals surface area contributed by atoms with Crippen LogP contribution in [-0.2, 0) is 12.7 Å². The predicted octanol–water partition coefficient (Wildman–Crippen LogP) is 4.80. The molecule has 0 radical (unpaired) electrons. The lowest BCUT2D eigenvalue weighted by atomic mass is 10.1. The monoisotopic (exact) mass is 549 g/mol. The van der Waals surface area contributed by atoms with Crippen LogP contribution in [0.25, 0.3) is 16.9 Å². The van der Waals surface area contributed by atoms with Crippen LogP contribution in [-0.4, -0.2) is 63.6 Å². The maximum Gasteiger partial charge on any atom is 0.433 e. The maximum atomic E-state index is 14.1. The zero-order chi connectivity index (χ0) is 27.9. The highest BCUT2D eigenvalue weighted by Gasteiger charge is 2.36. The number of carbonyl (C=O) groups is 1. The molecule has 1 fully saturated rings. The summed E-state index contributed by atoms with van der Waals surface area (Å²) in [7, 11) is 1.46. The number of benzene rings is 2. The summed E-state index contributed by atoms with van der Waals surface area (Å²) in [4.78, 5) is 20.8. The van der Waals surface area contributed by atoms with Gasteiger partial charge in [-0.15, -0.1) is 0 Å². The molecule has 3 heterocycles. The second-order valence-corrected chi connectivity index (χ2v) is 8.98. The van der Waals surface area contributed by atoms with Gasteiger partial charge in [-0.1, -0.05) is 0 Å². The van der Waals surface area contributed by atoms with Crippen LogP contribution in [0, 0.1) is 17.5 Å². The number of halogens is 6. The van der Waals surface area contributed by atoms with Crippen molar-refractivity contribution in [1.82, 2.24) is 24.4 Å². The number of alkyl halides is 3. The largest absolute Gasteiger partial charge is 0.497 e. The lowest BCUT2D eigenvalue weighted by Crippen LogP contribution is -2.48. The molecule has 0 saturated carbocycles. The van der Waals surface area contributed by atoms with Gasteiger partial charge in [0.25, 0.3) is 5.91 Å². The van der Waals surface area contributed by atoms with Crippen molar-refractivity contribution in [3.63, 3.8) is 0 Å². The van der Waals surface area contributed by atoms with E-state index in [1.807, 2.05) is 0 Å². The van der Waals surface area contributed by atoms with E-state index in [4.69, 9.17) is 4.74 Å². The Morgan fingerprint density at radius 2 is 1.69 bits per heavy atom. The van der Waals surface area contributed by atoms with Gasteiger partial charge in [0.15, 0.2) is 23.0 Å². The molecular weight excluding hydrogens is 528 g/mol. The summed E-state index contributed by atoms with van der Waals surface area (Å²) in [6.07, 6.45) is -3.72. The van der Waals surface area contributed by atoms with Gasteiger partial charge in [0, 0.05) is 49.9 Å². The lowest BCUT2D eigenvalue weighted by Gasteiger charge is -2.34. The summed E-state index contributed by atoms with van der Waals surface area (Å²) in [5, 5.41) is 3.80. The number of nitrogens with zero attached hydrogens (tertiary/aromatic N) is 5. The van der Waals surface area contributed by atoms with E-state index in [1.165, 1.54) is 12.0 Å². The van der Waals surface area contributed by atoms with Gasteiger partial charge in [0.2, 0.25) is 0 Å². The number of hydrogen-bond acceptors (Lipinski definition) is 5. The van der Waals surface area contributed by atoms with Gasteiger partial charge < -0.3 is 9.64 Å². The number of hydrogen-bond donors (Lipinski definition) is 0. The topological polar surface area (TPSA) is 63.0 Å². The van der Waals surface area contributed by atoms with Gasteiger partial charge >= 0.3 is 6.18 Å². The summed E-state index contributed by atoms with van der Waals surface area (Å²) in [6, 6.07) is 8.53. The van der Waals surface area contributed by atoms with E-state index in [9.17, 15) is 31.1 Å². The van der Waals surface area contributed by atoms with Gasteiger partial charge in [0.1, 0.15) is 17.1 Å². The molecule has 1 amide bonds. The molecule has 4 aromatic rings. The van der Waals surface area contributed by atoms with Crippen LogP contribution in [0.15, 0.2) is 48.7 Å². The van der Waals surface area contributed by atoms with Crippen molar-refractivity contribution in [2.24, 2.45) is 0 Å². The molecule has 0 aliphatic carbocycles. The van der Waals surface area contributed by atoms with Gasteiger partial charge in [-0.25, -0.2) is 22.7 Å². The highest BCUT2D eigenvalue weighted by atomic mass is 19.4. The van der Waals surface area contributed by atoms with Crippen LogP contribution in [0.3, 0.4) is 0 Å². The molecule has 0 N–H and O–H groups in total. The van der Waals surface area contributed by atoms with Crippen LogP contribution >= 0.6 is 0 Å². The summed E-state index contributed by atoms with van der Waals surface area (Å²) >= 11 is 0. The van der Waals surface area contributed by atoms with E-state index in [-0.39, 0.29) is 55.2 Å². The molecule has 0 bridgehead atoms. The minimum atomic E-state index is -4.77. The minimum absolute atomic E-state index is 0.00111. The fourth-order valence-electron chi connectivity index (χ4n) is 4.47. The zero-order valence-corrected chi connectivity index (χ0v) is 20.5. The SMILES string of the molecule is COc1ccc(-c2cc(C(F)(F)F)n3ncc(C(=O)N4CCN(Cc5cc(F)cc(F)c5F)CC4)c3n2)cc1. The van der Waals surface area contributed by atoms with E-state index in [0.29, 0.717) is 21.9 Å². The summed E-state index contributed by atoms with van der Waals surface area (Å²) in [5.74, 6) is -3.38. The van der Waals surface area contributed by atoms with Crippen LogP contribution in [0.4, 0.5) is 26.3 Å². The molecule has 7 nitrogen and oxygen atoms in total. The Hall–Kier alpha value is -4.13. The predicted molar refractivity (Wildman–Crippen MR) is 127 cm³/mol. The molecule has 2 aromatic carbocycles.